The normalized spacial score (nSPS) is 15.4. The van der Waals surface area contributed by atoms with Crippen molar-refractivity contribution in [2.24, 2.45) is 0 Å². The van der Waals surface area contributed by atoms with Crippen LogP contribution in [0.4, 0.5) is 9.18 Å². The molecule has 4 heterocycles. The first-order chi connectivity index (χ1) is 16.9. The first kappa shape index (κ1) is 22.7. The molecule has 182 valence electrons. The number of likely N-dealkylation sites (tertiary alicyclic amines) is 1. The number of carbonyl (C=O) groups is 1. The predicted octanol–water partition coefficient (Wildman–Crippen LogP) is 1.58. The van der Waals surface area contributed by atoms with Crippen LogP contribution in [-0.4, -0.2) is 70.3 Å². The lowest BCUT2D eigenvalue weighted by Gasteiger charge is -2.37. The Bertz CT molecular complexity index is 1370. The van der Waals surface area contributed by atoms with Gasteiger partial charge in [-0.25, -0.2) is 23.8 Å². The third-order valence-corrected chi connectivity index (χ3v) is 6.18. The van der Waals surface area contributed by atoms with Gasteiger partial charge in [-0.2, -0.15) is 5.10 Å². The number of carbonyl (C=O) groups excluding carboxylic acids is 1. The molecule has 12 heteroatoms. The second-order valence-corrected chi connectivity index (χ2v) is 8.57. The number of fused-ring (bicyclic) bond motifs is 1. The zero-order valence-corrected chi connectivity index (χ0v) is 18.8. The maximum Gasteiger partial charge on any atom is 0.409 e. The highest BCUT2D eigenvalue weighted by Crippen LogP contribution is 2.24. The van der Waals surface area contributed by atoms with Gasteiger partial charge in [0.25, 0.3) is 5.56 Å². The van der Waals surface area contributed by atoms with Crippen molar-refractivity contribution in [3.8, 4) is 5.69 Å². The summed E-state index contributed by atoms with van der Waals surface area (Å²) < 4.78 is 23.2. The van der Waals surface area contributed by atoms with Gasteiger partial charge >= 0.3 is 6.09 Å². The van der Waals surface area contributed by atoms with E-state index in [1.807, 2.05) is 4.57 Å². The molecule has 4 aromatic rings. The molecule has 1 aliphatic rings. The monoisotopic (exact) mass is 481 g/mol. The molecule has 1 N–H and O–H groups in total. The fraction of sp³-hybridized carbons (Fsp3) is 0.348. The number of ether oxygens (including phenoxy) is 1. The molecule has 0 bridgehead atoms. The van der Waals surface area contributed by atoms with Gasteiger partial charge in [0.1, 0.15) is 24.1 Å². The molecular formula is C23H24FN7O4. The van der Waals surface area contributed by atoms with Gasteiger partial charge in [-0.15, -0.1) is 0 Å². The molecule has 5 rings (SSSR count). The largest absolute Gasteiger partial charge is 0.448 e. The van der Waals surface area contributed by atoms with Crippen molar-refractivity contribution in [2.45, 2.75) is 31.5 Å². The summed E-state index contributed by atoms with van der Waals surface area (Å²) in [6.07, 6.45) is 8.04. The standard InChI is InChI=1S/C23H24FN7O4/c24-17-1-3-18(4-2-17)31-20-19(13-27-31)21(32)30(16-26-20)14-23(34)5-8-29(9-6-23)22(33)35-12-11-28-10-7-25-15-28/h1-4,7,10,13,15-16,34H,5-6,8-9,11-12,14H2. The Balaban J connectivity index is 1.22. The first-order valence-electron chi connectivity index (χ1n) is 11.2. The topological polar surface area (TPSA) is 120 Å². The fourth-order valence-corrected chi connectivity index (χ4v) is 4.16. The Morgan fingerprint density at radius 2 is 1.94 bits per heavy atom. The van der Waals surface area contributed by atoms with Gasteiger partial charge in [-0.3, -0.25) is 9.36 Å². The van der Waals surface area contributed by atoms with Crippen molar-refractivity contribution in [1.29, 1.82) is 0 Å². The number of halogens is 1. The third-order valence-electron chi connectivity index (χ3n) is 6.18. The maximum atomic E-state index is 13.2. The molecule has 0 saturated carbocycles. The van der Waals surface area contributed by atoms with Crippen molar-refractivity contribution in [1.82, 2.24) is 33.8 Å². The molecule has 1 aromatic carbocycles. The summed E-state index contributed by atoms with van der Waals surface area (Å²) in [6.45, 7) is 1.41. The highest BCUT2D eigenvalue weighted by Gasteiger charge is 2.35. The van der Waals surface area contributed by atoms with Gasteiger partial charge in [0.2, 0.25) is 0 Å². The highest BCUT2D eigenvalue weighted by atomic mass is 19.1. The molecule has 11 nitrogen and oxygen atoms in total. The molecule has 0 radical (unpaired) electrons. The highest BCUT2D eigenvalue weighted by molar-refractivity contribution is 5.74. The zero-order valence-electron chi connectivity index (χ0n) is 18.8. The van der Waals surface area contributed by atoms with Gasteiger partial charge in [-0.1, -0.05) is 0 Å². The molecule has 1 fully saturated rings. The van der Waals surface area contributed by atoms with Crippen molar-refractivity contribution >= 4 is 17.1 Å². The lowest BCUT2D eigenvalue weighted by molar-refractivity contribution is -0.0334. The zero-order chi connectivity index (χ0) is 24.4. The molecular weight excluding hydrogens is 457 g/mol. The van der Waals surface area contributed by atoms with Crippen LogP contribution in [0.3, 0.4) is 0 Å². The molecule has 35 heavy (non-hydrogen) atoms. The van der Waals surface area contributed by atoms with Crippen molar-refractivity contribution in [2.75, 3.05) is 19.7 Å². The number of hydrogen-bond donors (Lipinski definition) is 1. The van der Waals surface area contributed by atoms with Gasteiger partial charge in [0, 0.05) is 25.5 Å². The van der Waals surface area contributed by atoms with Crippen molar-refractivity contribution in [3.63, 3.8) is 0 Å². The minimum Gasteiger partial charge on any atom is -0.448 e. The van der Waals surface area contributed by atoms with Gasteiger partial charge in [0.15, 0.2) is 5.65 Å². The summed E-state index contributed by atoms with van der Waals surface area (Å²) in [4.78, 5) is 35.2. The molecule has 3 aromatic heterocycles. The fourth-order valence-electron chi connectivity index (χ4n) is 4.16. The smallest absolute Gasteiger partial charge is 0.409 e. The number of benzene rings is 1. The van der Waals surface area contributed by atoms with E-state index >= 15 is 0 Å². The number of piperidine rings is 1. The van der Waals surface area contributed by atoms with E-state index in [1.54, 1.807) is 35.8 Å². The molecule has 1 amide bonds. The molecule has 1 aliphatic heterocycles. The Morgan fingerprint density at radius 1 is 1.17 bits per heavy atom. The number of imidazole rings is 1. The average molecular weight is 481 g/mol. The third kappa shape index (κ3) is 4.78. The van der Waals surface area contributed by atoms with Crippen molar-refractivity contribution in [3.05, 3.63) is 71.7 Å². The SMILES string of the molecule is O=C(OCCn1ccnc1)N1CCC(O)(Cn2cnc3c(cnn3-c3ccc(F)cc3)c2=O)CC1. The van der Waals surface area contributed by atoms with E-state index in [4.69, 9.17) is 4.74 Å². The second kappa shape index (κ2) is 9.29. The summed E-state index contributed by atoms with van der Waals surface area (Å²) in [6, 6.07) is 5.71. The summed E-state index contributed by atoms with van der Waals surface area (Å²) in [5, 5.41) is 15.6. The number of rotatable bonds is 6. The maximum absolute atomic E-state index is 13.2. The molecule has 0 atom stereocenters. The Kier molecular flexibility index (Phi) is 6.03. The van der Waals surface area contributed by atoms with E-state index in [0.717, 1.165) is 0 Å². The van der Waals surface area contributed by atoms with Crippen LogP contribution < -0.4 is 5.56 Å². The quantitative estimate of drug-likeness (QED) is 0.444. The minimum atomic E-state index is -1.17. The van der Waals surface area contributed by atoms with Gasteiger partial charge in [0.05, 0.1) is 36.9 Å². The number of nitrogens with zero attached hydrogens (tertiary/aromatic N) is 7. The van der Waals surface area contributed by atoms with Crippen LogP contribution in [-0.2, 0) is 17.8 Å². The van der Waals surface area contributed by atoms with Crippen LogP contribution in [0.5, 0.6) is 0 Å². The van der Waals surface area contributed by atoms with E-state index in [0.29, 0.717) is 49.2 Å². The molecule has 0 unspecified atom stereocenters. The minimum absolute atomic E-state index is 0.0417. The van der Waals surface area contributed by atoms with E-state index in [9.17, 15) is 19.1 Å². The number of aromatic nitrogens is 6. The summed E-state index contributed by atoms with van der Waals surface area (Å²) in [7, 11) is 0. The van der Waals surface area contributed by atoms with Crippen LogP contribution >= 0.6 is 0 Å². The van der Waals surface area contributed by atoms with Crippen molar-refractivity contribution < 1.29 is 19.0 Å². The lowest BCUT2D eigenvalue weighted by Crippen LogP contribution is -2.49. The Labute approximate surface area is 199 Å². The summed E-state index contributed by atoms with van der Waals surface area (Å²) in [5.74, 6) is -0.373. The van der Waals surface area contributed by atoms with Crippen LogP contribution in [0.15, 0.2) is 60.3 Å². The van der Waals surface area contributed by atoms with Crippen LogP contribution in [0.25, 0.3) is 16.7 Å². The predicted molar refractivity (Wildman–Crippen MR) is 122 cm³/mol. The van der Waals surface area contributed by atoms with Crippen LogP contribution in [0, 0.1) is 5.82 Å². The lowest BCUT2D eigenvalue weighted by atomic mass is 9.91. The Morgan fingerprint density at radius 3 is 2.66 bits per heavy atom. The van der Waals surface area contributed by atoms with E-state index < -0.39 is 11.7 Å². The van der Waals surface area contributed by atoms with E-state index in [2.05, 4.69) is 15.1 Å². The van der Waals surface area contributed by atoms with E-state index in [-0.39, 0.29) is 24.5 Å². The van der Waals surface area contributed by atoms with E-state index in [1.165, 1.54) is 33.9 Å². The molecule has 0 aliphatic carbocycles. The van der Waals surface area contributed by atoms with Crippen LogP contribution in [0.1, 0.15) is 12.8 Å². The number of aliphatic hydroxyl groups is 1. The molecule has 0 spiro atoms. The summed E-state index contributed by atoms with van der Waals surface area (Å²) >= 11 is 0. The summed E-state index contributed by atoms with van der Waals surface area (Å²) in [5.41, 5.74) is -0.579. The Hall–Kier alpha value is -4.06. The van der Waals surface area contributed by atoms with Crippen LogP contribution in [0.2, 0.25) is 0 Å². The first-order valence-corrected chi connectivity index (χ1v) is 11.2. The number of hydrogen-bond acceptors (Lipinski definition) is 7. The van der Waals surface area contributed by atoms with Gasteiger partial charge < -0.3 is 19.3 Å². The number of amides is 1. The second-order valence-electron chi connectivity index (χ2n) is 8.57. The average Bonchev–Trinajstić information content (AvgIpc) is 3.52. The molecule has 1 saturated heterocycles. The van der Waals surface area contributed by atoms with Gasteiger partial charge in [-0.05, 0) is 37.1 Å².